The van der Waals surface area contributed by atoms with E-state index >= 15 is 0 Å². The van der Waals surface area contributed by atoms with Gasteiger partial charge < -0.3 is 10.9 Å². The fourth-order valence-corrected chi connectivity index (χ4v) is 3.29. The number of benzene rings is 2. The molecule has 0 unspecified atom stereocenters. The fourth-order valence-electron chi connectivity index (χ4n) is 2.71. The van der Waals surface area contributed by atoms with Gasteiger partial charge in [-0.25, -0.2) is 0 Å². The van der Waals surface area contributed by atoms with E-state index in [4.69, 9.17) is 28.9 Å². The number of alkyl halides is 3. The molecule has 28 heavy (non-hydrogen) atoms. The quantitative estimate of drug-likeness (QED) is 0.358. The molecule has 2 aromatic carbocycles. The molecule has 0 saturated heterocycles. The highest BCUT2D eigenvalue weighted by atomic mass is 35.5. The third kappa shape index (κ3) is 3.63. The van der Waals surface area contributed by atoms with Gasteiger partial charge in [-0.2, -0.15) is 17.9 Å². The Balaban J connectivity index is 2.16. The molecule has 0 atom stereocenters. The van der Waals surface area contributed by atoms with Crippen molar-refractivity contribution in [1.82, 2.24) is 0 Å². The summed E-state index contributed by atoms with van der Waals surface area (Å²) < 4.78 is 39.2. The number of nitrogen functional groups attached to an aromatic ring is 1. The minimum absolute atomic E-state index is 0.122. The molecule has 3 rings (SSSR count). The van der Waals surface area contributed by atoms with Crippen LogP contribution in [0, 0.1) is 5.21 Å². The van der Waals surface area contributed by atoms with Gasteiger partial charge in [0.1, 0.15) is 5.69 Å². The van der Waals surface area contributed by atoms with E-state index in [0.29, 0.717) is 4.73 Å². The number of hydrogen-bond acceptors (Lipinski definition) is 3. The highest BCUT2D eigenvalue weighted by Gasteiger charge is 2.32. The standard InChI is InChI=1S/C19H11Cl2F3N2O2/c20-13-5-2-6-14(21)15(13)17-16(25)12(7-8-26(17)28)18(27)10-3-1-4-11(9-10)19(22,23)24/h1-9H,25H2. The number of rotatable bonds is 3. The van der Waals surface area contributed by atoms with E-state index in [2.05, 4.69) is 0 Å². The predicted octanol–water partition coefficient (Wildman–Crippen LogP) is 5.13. The Bertz CT molecular complexity index is 1070. The van der Waals surface area contributed by atoms with Crippen molar-refractivity contribution in [2.24, 2.45) is 0 Å². The molecule has 2 N–H and O–H groups in total. The number of anilines is 1. The Morgan fingerprint density at radius 1 is 1.04 bits per heavy atom. The van der Waals surface area contributed by atoms with Crippen molar-refractivity contribution in [2.75, 3.05) is 5.73 Å². The lowest BCUT2D eigenvalue weighted by Crippen LogP contribution is -2.31. The van der Waals surface area contributed by atoms with Crippen LogP contribution in [0.5, 0.6) is 0 Å². The molecule has 0 saturated carbocycles. The maximum Gasteiger partial charge on any atom is 0.416 e. The summed E-state index contributed by atoms with van der Waals surface area (Å²) in [7, 11) is 0. The van der Waals surface area contributed by atoms with Crippen molar-refractivity contribution in [2.45, 2.75) is 6.18 Å². The highest BCUT2D eigenvalue weighted by Crippen LogP contribution is 2.37. The van der Waals surface area contributed by atoms with Gasteiger partial charge in [0.25, 0.3) is 5.69 Å². The summed E-state index contributed by atoms with van der Waals surface area (Å²) in [5.41, 5.74) is 4.42. The van der Waals surface area contributed by atoms with E-state index < -0.39 is 17.5 Å². The minimum atomic E-state index is -4.60. The van der Waals surface area contributed by atoms with Crippen molar-refractivity contribution >= 4 is 34.7 Å². The highest BCUT2D eigenvalue weighted by molar-refractivity contribution is 6.39. The first-order valence-electron chi connectivity index (χ1n) is 7.79. The summed E-state index contributed by atoms with van der Waals surface area (Å²) in [6.45, 7) is 0. The number of carbonyl (C=O) groups excluding carboxylic acids is 1. The van der Waals surface area contributed by atoms with E-state index in [1.54, 1.807) is 6.07 Å². The van der Waals surface area contributed by atoms with E-state index in [1.807, 2.05) is 0 Å². The molecule has 0 bridgehead atoms. The van der Waals surface area contributed by atoms with Crippen LogP contribution in [0.3, 0.4) is 0 Å². The third-order valence-electron chi connectivity index (χ3n) is 4.04. The zero-order chi connectivity index (χ0) is 20.6. The molecule has 0 amide bonds. The van der Waals surface area contributed by atoms with Crippen LogP contribution < -0.4 is 10.5 Å². The van der Waals surface area contributed by atoms with Gasteiger partial charge in [-0.15, -0.1) is 0 Å². The molecule has 9 heteroatoms. The van der Waals surface area contributed by atoms with Crippen molar-refractivity contribution in [1.29, 1.82) is 0 Å². The zero-order valence-electron chi connectivity index (χ0n) is 13.9. The molecular formula is C19H11Cl2F3N2O2. The Morgan fingerprint density at radius 2 is 1.64 bits per heavy atom. The van der Waals surface area contributed by atoms with E-state index in [1.165, 1.54) is 18.2 Å². The number of ketones is 1. The fraction of sp³-hybridized carbons (Fsp3) is 0.0526. The van der Waals surface area contributed by atoms with Gasteiger partial charge in [0.2, 0.25) is 0 Å². The summed E-state index contributed by atoms with van der Waals surface area (Å²) in [5.74, 6) is -0.770. The molecule has 0 spiro atoms. The number of nitrogens with two attached hydrogens (primary N) is 1. The van der Waals surface area contributed by atoms with Crippen molar-refractivity contribution in [3.8, 4) is 11.3 Å². The van der Waals surface area contributed by atoms with Gasteiger partial charge in [0, 0.05) is 11.6 Å². The van der Waals surface area contributed by atoms with Crippen LogP contribution in [0.4, 0.5) is 18.9 Å². The summed E-state index contributed by atoms with van der Waals surface area (Å²) >= 11 is 12.3. The second-order valence-corrected chi connectivity index (χ2v) is 6.64. The van der Waals surface area contributed by atoms with Gasteiger partial charge >= 0.3 is 6.18 Å². The number of hydrogen-bond donors (Lipinski definition) is 1. The maximum absolute atomic E-state index is 12.9. The Labute approximate surface area is 167 Å². The SMILES string of the molecule is Nc1c(C(=O)c2cccc(C(F)(F)F)c2)cc[n+]([O-])c1-c1c(Cl)cccc1Cl. The van der Waals surface area contributed by atoms with Gasteiger partial charge in [-0.1, -0.05) is 41.4 Å². The molecule has 1 heterocycles. The third-order valence-corrected chi connectivity index (χ3v) is 4.67. The molecule has 1 aromatic heterocycles. The summed E-state index contributed by atoms with van der Waals surface area (Å²) in [5, 5.41) is 12.6. The molecule has 4 nitrogen and oxygen atoms in total. The molecule has 0 fully saturated rings. The first-order valence-corrected chi connectivity index (χ1v) is 8.55. The molecule has 0 aliphatic carbocycles. The lowest BCUT2D eigenvalue weighted by atomic mass is 9.98. The average molecular weight is 427 g/mol. The Morgan fingerprint density at radius 3 is 2.25 bits per heavy atom. The van der Waals surface area contributed by atoms with Gasteiger partial charge in [0.05, 0.1) is 26.7 Å². The van der Waals surface area contributed by atoms with Crippen LogP contribution in [0.25, 0.3) is 11.3 Å². The second kappa shape index (κ2) is 7.33. The lowest BCUT2D eigenvalue weighted by Gasteiger charge is -2.13. The second-order valence-electron chi connectivity index (χ2n) is 5.82. The average Bonchev–Trinajstić information content (AvgIpc) is 2.63. The first-order chi connectivity index (χ1) is 13.1. The molecular weight excluding hydrogens is 416 g/mol. The number of carbonyl (C=O) groups is 1. The van der Waals surface area contributed by atoms with Crippen LogP contribution in [-0.4, -0.2) is 5.78 Å². The zero-order valence-corrected chi connectivity index (χ0v) is 15.4. The van der Waals surface area contributed by atoms with E-state index in [9.17, 15) is 23.2 Å². The van der Waals surface area contributed by atoms with Crippen LogP contribution >= 0.6 is 23.2 Å². The first kappa shape index (κ1) is 20.0. The molecule has 0 radical (unpaired) electrons. The Kier molecular flexibility index (Phi) is 5.23. The smallest absolute Gasteiger partial charge is 0.416 e. The normalized spacial score (nSPS) is 11.5. The van der Waals surface area contributed by atoms with Crippen molar-refractivity contribution in [3.05, 3.63) is 86.7 Å². The van der Waals surface area contributed by atoms with Crippen LogP contribution in [-0.2, 0) is 6.18 Å². The Hall–Kier alpha value is -2.77. The molecule has 0 aliphatic rings. The number of halogens is 5. The summed E-state index contributed by atoms with van der Waals surface area (Å²) in [4.78, 5) is 12.8. The largest absolute Gasteiger partial charge is 0.618 e. The van der Waals surface area contributed by atoms with Gasteiger partial charge in [-0.3, -0.25) is 4.79 Å². The number of pyridine rings is 1. The monoisotopic (exact) mass is 426 g/mol. The van der Waals surface area contributed by atoms with Crippen LogP contribution in [0.15, 0.2) is 54.7 Å². The maximum atomic E-state index is 12.9. The van der Waals surface area contributed by atoms with Gasteiger partial charge in [-0.05, 0) is 24.3 Å². The number of nitrogens with zero attached hydrogens (tertiary/aromatic N) is 1. The topological polar surface area (TPSA) is 70.0 Å². The summed E-state index contributed by atoms with van der Waals surface area (Å²) in [6, 6.07) is 9.61. The number of aromatic nitrogens is 1. The van der Waals surface area contributed by atoms with Crippen molar-refractivity contribution < 1.29 is 22.7 Å². The lowest BCUT2D eigenvalue weighted by molar-refractivity contribution is -0.593. The van der Waals surface area contributed by atoms with Gasteiger partial charge in [0.15, 0.2) is 12.0 Å². The van der Waals surface area contributed by atoms with E-state index in [0.717, 1.165) is 30.5 Å². The predicted molar refractivity (Wildman–Crippen MR) is 100 cm³/mol. The van der Waals surface area contributed by atoms with Crippen LogP contribution in [0.1, 0.15) is 21.5 Å². The molecule has 144 valence electrons. The summed E-state index contributed by atoms with van der Waals surface area (Å²) in [6.07, 6.45) is -3.58. The van der Waals surface area contributed by atoms with Crippen LogP contribution in [0.2, 0.25) is 10.0 Å². The van der Waals surface area contributed by atoms with E-state index in [-0.39, 0.29) is 38.1 Å². The molecule has 3 aromatic rings. The minimum Gasteiger partial charge on any atom is -0.618 e. The van der Waals surface area contributed by atoms with Crippen molar-refractivity contribution in [3.63, 3.8) is 0 Å². The molecule has 0 aliphatic heterocycles.